The molecule has 1 aliphatic heterocycles. The molecule has 0 amide bonds. The van der Waals surface area contributed by atoms with E-state index in [9.17, 15) is 4.39 Å². The summed E-state index contributed by atoms with van der Waals surface area (Å²) in [5.74, 6) is -0.322. The fourth-order valence-corrected chi connectivity index (χ4v) is 5.20. The molecule has 1 fully saturated rings. The maximum absolute atomic E-state index is 15.0. The summed E-state index contributed by atoms with van der Waals surface area (Å²) in [6.07, 6.45) is 1.76. The molecule has 1 N–H and O–H groups in total. The summed E-state index contributed by atoms with van der Waals surface area (Å²) >= 11 is 12.0. The third-order valence-electron chi connectivity index (χ3n) is 6.07. The largest absolute Gasteiger partial charge is 0.351 e. The predicted octanol–water partition coefficient (Wildman–Crippen LogP) is 6.46. The molecule has 3 heterocycles. The first-order chi connectivity index (χ1) is 16.0. The number of hydrogen-bond donors (Lipinski definition) is 1. The first kappa shape index (κ1) is 21.6. The number of para-hydroxylation sites is 1. The molecule has 2 aromatic carbocycles. The van der Waals surface area contributed by atoms with Crippen molar-refractivity contribution in [2.24, 2.45) is 0 Å². The van der Waals surface area contributed by atoms with Gasteiger partial charge in [0.25, 0.3) is 0 Å². The summed E-state index contributed by atoms with van der Waals surface area (Å²) in [6, 6.07) is 21.9. The van der Waals surface area contributed by atoms with Crippen molar-refractivity contribution in [3.63, 3.8) is 0 Å². The second-order valence-corrected chi connectivity index (χ2v) is 8.91. The van der Waals surface area contributed by atoms with Gasteiger partial charge in [-0.15, -0.1) is 0 Å². The Balaban J connectivity index is 1.70. The molecule has 1 aliphatic rings. The highest BCUT2D eigenvalue weighted by Crippen LogP contribution is 2.44. The molecule has 166 valence electrons. The highest BCUT2D eigenvalue weighted by Gasteiger charge is 2.43. The lowest BCUT2D eigenvalue weighted by Gasteiger charge is -2.28. The Morgan fingerprint density at radius 1 is 1.00 bits per heavy atom. The van der Waals surface area contributed by atoms with E-state index in [-0.39, 0.29) is 17.9 Å². The highest BCUT2D eigenvalue weighted by molar-refractivity contribution is 7.80. The zero-order chi connectivity index (χ0) is 23.1. The number of hydrogen-bond acceptors (Lipinski definition) is 2. The lowest BCUT2D eigenvalue weighted by atomic mass is 9.96. The molecule has 4 aromatic rings. The third-order valence-corrected chi connectivity index (χ3v) is 6.62. The van der Waals surface area contributed by atoms with Gasteiger partial charge in [-0.25, -0.2) is 4.39 Å². The van der Waals surface area contributed by atoms with Gasteiger partial charge in [-0.3, -0.25) is 4.98 Å². The van der Waals surface area contributed by atoms with Crippen LogP contribution in [0.25, 0.3) is 5.69 Å². The Morgan fingerprint density at radius 3 is 2.52 bits per heavy atom. The van der Waals surface area contributed by atoms with E-state index < -0.39 is 0 Å². The molecule has 5 rings (SSSR count). The molecule has 0 aliphatic carbocycles. The van der Waals surface area contributed by atoms with E-state index in [4.69, 9.17) is 23.8 Å². The van der Waals surface area contributed by atoms with Crippen molar-refractivity contribution in [1.82, 2.24) is 14.9 Å². The zero-order valence-electron chi connectivity index (χ0n) is 18.2. The summed E-state index contributed by atoms with van der Waals surface area (Å²) in [6.45, 7) is 4.13. The fraction of sp³-hybridized carbons (Fsp3) is 0.154. The van der Waals surface area contributed by atoms with Crippen LogP contribution in [0.15, 0.2) is 79.0 Å². The van der Waals surface area contributed by atoms with E-state index in [1.165, 1.54) is 6.07 Å². The third kappa shape index (κ3) is 3.79. The minimum atomic E-state index is -0.322. The molecule has 4 nitrogen and oxygen atoms in total. The number of halogens is 2. The molecular weight excluding hydrogens is 455 g/mol. The summed E-state index contributed by atoms with van der Waals surface area (Å²) in [4.78, 5) is 6.45. The van der Waals surface area contributed by atoms with Gasteiger partial charge in [-0.1, -0.05) is 35.9 Å². The number of thiocarbonyl (C=S) groups is 1. The van der Waals surface area contributed by atoms with Gasteiger partial charge in [0.05, 0.1) is 23.5 Å². The smallest absolute Gasteiger partial charge is 0.174 e. The van der Waals surface area contributed by atoms with Gasteiger partial charge in [0.15, 0.2) is 5.11 Å². The van der Waals surface area contributed by atoms with E-state index >= 15 is 0 Å². The molecule has 7 heteroatoms. The topological polar surface area (TPSA) is 33.1 Å². The van der Waals surface area contributed by atoms with Gasteiger partial charge < -0.3 is 14.8 Å². The van der Waals surface area contributed by atoms with Gasteiger partial charge in [-0.05, 0) is 80.2 Å². The average Bonchev–Trinajstić information content (AvgIpc) is 3.30. The summed E-state index contributed by atoms with van der Waals surface area (Å²) in [5.41, 5.74) is 5.38. The number of nitrogens with zero attached hydrogens (tertiary/aromatic N) is 3. The van der Waals surface area contributed by atoms with Crippen LogP contribution in [0, 0.1) is 19.7 Å². The molecule has 0 bridgehead atoms. The summed E-state index contributed by atoms with van der Waals surface area (Å²) < 4.78 is 17.1. The highest BCUT2D eigenvalue weighted by atomic mass is 35.5. The molecule has 2 atom stereocenters. The van der Waals surface area contributed by atoms with E-state index in [1.807, 2.05) is 53.4 Å². The monoisotopic (exact) mass is 476 g/mol. The summed E-state index contributed by atoms with van der Waals surface area (Å²) in [5, 5.41) is 4.53. The number of rotatable bonds is 4. The van der Waals surface area contributed by atoms with Crippen LogP contribution < -0.4 is 10.2 Å². The Hall–Kier alpha value is -3.22. The lowest BCUT2D eigenvalue weighted by Crippen LogP contribution is -2.30. The molecule has 0 spiro atoms. The first-order valence-corrected chi connectivity index (χ1v) is 11.4. The molecule has 33 heavy (non-hydrogen) atoms. The van der Waals surface area contributed by atoms with Crippen LogP contribution in [-0.4, -0.2) is 14.7 Å². The zero-order valence-corrected chi connectivity index (χ0v) is 19.7. The Labute approximate surface area is 202 Å². The maximum Gasteiger partial charge on any atom is 0.174 e. The standard InChI is InChI=1S/C26H22ClFN4S/c1-16-14-20(17(2)31(16)19-9-7-8-18(27)15-19)25-24(22-11-5-6-13-29-22)30-26(33)32(25)23-12-4-3-10-21(23)28/h3-15,24-25H,1-2H3,(H,30,33)/t24-,25+/m0/s1. The van der Waals surface area contributed by atoms with Gasteiger partial charge in [0, 0.05) is 28.3 Å². The van der Waals surface area contributed by atoms with Gasteiger partial charge >= 0.3 is 0 Å². The number of anilines is 1. The van der Waals surface area contributed by atoms with Crippen molar-refractivity contribution < 1.29 is 4.39 Å². The van der Waals surface area contributed by atoms with Crippen molar-refractivity contribution in [3.05, 3.63) is 112 Å². The minimum absolute atomic E-state index is 0.244. The Bertz CT molecular complexity index is 1340. The van der Waals surface area contributed by atoms with E-state index in [0.717, 1.165) is 28.3 Å². The second kappa shape index (κ2) is 8.61. The molecule has 0 unspecified atom stereocenters. The molecule has 0 saturated carbocycles. The molecular formula is C26H22ClFN4S. The average molecular weight is 477 g/mol. The van der Waals surface area contributed by atoms with Crippen LogP contribution in [-0.2, 0) is 0 Å². The number of aryl methyl sites for hydroxylation is 1. The van der Waals surface area contributed by atoms with E-state index in [0.29, 0.717) is 15.8 Å². The molecule has 2 aromatic heterocycles. The van der Waals surface area contributed by atoms with Crippen molar-refractivity contribution >= 4 is 34.6 Å². The number of benzene rings is 2. The van der Waals surface area contributed by atoms with Gasteiger partial charge in [-0.2, -0.15) is 0 Å². The summed E-state index contributed by atoms with van der Waals surface area (Å²) in [7, 11) is 0. The van der Waals surface area contributed by atoms with Crippen LogP contribution in [0.5, 0.6) is 0 Å². The quantitative estimate of drug-likeness (QED) is 0.343. The number of nitrogens with one attached hydrogen (secondary N) is 1. The van der Waals surface area contributed by atoms with Crippen LogP contribution >= 0.6 is 23.8 Å². The van der Waals surface area contributed by atoms with Crippen LogP contribution in [0.3, 0.4) is 0 Å². The Kier molecular flexibility index (Phi) is 5.64. The van der Waals surface area contributed by atoms with Crippen LogP contribution in [0.4, 0.5) is 10.1 Å². The molecule has 1 saturated heterocycles. The van der Waals surface area contributed by atoms with Gasteiger partial charge in [0.2, 0.25) is 0 Å². The van der Waals surface area contributed by atoms with Crippen molar-refractivity contribution in [3.8, 4) is 5.69 Å². The number of aromatic nitrogens is 2. The molecule has 0 radical (unpaired) electrons. The Morgan fingerprint density at radius 2 is 1.79 bits per heavy atom. The van der Waals surface area contributed by atoms with Crippen molar-refractivity contribution in [1.29, 1.82) is 0 Å². The SMILES string of the molecule is Cc1cc([C@@H]2[C@H](c3ccccn3)NC(=S)N2c2ccccc2F)c(C)n1-c1cccc(Cl)c1. The van der Waals surface area contributed by atoms with E-state index in [2.05, 4.69) is 34.8 Å². The minimum Gasteiger partial charge on any atom is -0.351 e. The van der Waals surface area contributed by atoms with E-state index in [1.54, 1.807) is 18.3 Å². The lowest BCUT2D eigenvalue weighted by molar-refractivity contribution is 0.556. The van der Waals surface area contributed by atoms with Crippen LogP contribution in [0.1, 0.15) is 34.7 Å². The normalized spacial score (nSPS) is 17.9. The number of pyridine rings is 1. The van der Waals surface area contributed by atoms with Gasteiger partial charge in [0.1, 0.15) is 5.82 Å². The van der Waals surface area contributed by atoms with Crippen molar-refractivity contribution in [2.45, 2.75) is 25.9 Å². The first-order valence-electron chi connectivity index (χ1n) is 10.7. The maximum atomic E-state index is 15.0. The van der Waals surface area contributed by atoms with Crippen LogP contribution in [0.2, 0.25) is 5.02 Å². The second-order valence-electron chi connectivity index (χ2n) is 8.09. The predicted molar refractivity (Wildman–Crippen MR) is 135 cm³/mol. The fourth-order valence-electron chi connectivity index (χ4n) is 4.68. The van der Waals surface area contributed by atoms with Crippen molar-refractivity contribution in [2.75, 3.05) is 4.90 Å².